The van der Waals surface area contributed by atoms with Crippen molar-refractivity contribution in [3.05, 3.63) is 22.3 Å². The standard InChI is InChI=1S/C11H16N2O3/c14-10-7-6-9(13(15)16)11(12-10)8-4-2-1-3-5-8/h1-2,8-9,11H,3-7H2,(H,12,14)/t8-,9+,11+/m0/s1. The van der Waals surface area contributed by atoms with E-state index in [0.29, 0.717) is 6.42 Å². The highest BCUT2D eigenvalue weighted by Gasteiger charge is 2.41. The van der Waals surface area contributed by atoms with E-state index in [2.05, 4.69) is 17.5 Å². The molecule has 0 unspecified atom stereocenters. The summed E-state index contributed by atoms with van der Waals surface area (Å²) in [5.41, 5.74) is 0. The molecular formula is C11H16N2O3. The quantitative estimate of drug-likeness (QED) is 0.436. The second-order valence-corrected chi connectivity index (χ2v) is 4.53. The molecule has 1 saturated heterocycles. The molecule has 0 bridgehead atoms. The van der Waals surface area contributed by atoms with Gasteiger partial charge in [-0.05, 0) is 25.2 Å². The molecule has 1 fully saturated rings. The van der Waals surface area contributed by atoms with Crippen LogP contribution in [0.3, 0.4) is 0 Å². The number of nitrogens with one attached hydrogen (secondary N) is 1. The van der Waals surface area contributed by atoms with Gasteiger partial charge < -0.3 is 5.32 Å². The van der Waals surface area contributed by atoms with Crippen molar-refractivity contribution in [2.75, 3.05) is 0 Å². The van der Waals surface area contributed by atoms with Gasteiger partial charge in [0.2, 0.25) is 11.9 Å². The Labute approximate surface area is 94.1 Å². The van der Waals surface area contributed by atoms with Crippen molar-refractivity contribution >= 4 is 5.91 Å². The minimum atomic E-state index is -0.603. The highest BCUT2D eigenvalue weighted by Crippen LogP contribution is 2.28. The zero-order valence-corrected chi connectivity index (χ0v) is 9.09. The zero-order valence-electron chi connectivity index (χ0n) is 9.09. The molecular weight excluding hydrogens is 208 g/mol. The van der Waals surface area contributed by atoms with Crippen LogP contribution >= 0.6 is 0 Å². The molecule has 3 atom stereocenters. The van der Waals surface area contributed by atoms with Crippen molar-refractivity contribution < 1.29 is 9.72 Å². The summed E-state index contributed by atoms with van der Waals surface area (Å²) in [4.78, 5) is 22.0. The third-order valence-electron chi connectivity index (χ3n) is 3.50. The normalized spacial score (nSPS) is 34.5. The van der Waals surface area contributed by atoms with Gasteiger partial charge in [0.25, 0.3) is 0 Å². The maximum absolute atomic E-state index is 11.3. The molecule has 2 rings (SSSR count). The van der Waals surface area contributed by atoms with Crippen LogP contribution < -0.4 is 5.32 Å². The number of amides is 1. The Bertz CT molecular complexity index is 327. The zero-order chi connectivity index (χ0) is 11.5. The van der Waals surface area contributed by atoms with Crippen LogP contribution in [-0.2, 0) is 4.79 Å². The highest BCUT2D eigenvalue weighted by molar-refractivity contribution is 5.77. The molecule has 5 nitrogen and oxygen atoms in total. The van der Waals surface area contributed by atoms with Crippen LogP contribution in [0.2, 0.25) is 0 Å². The largest absolute Gasteiger partial charge is 0.346 e. The van der Waals surface area contributed by atoms with Gasteiger partial charge in [-0.3, -0.25) is 14.9 Å². The van der Waals surface area contributed by atoms with E-state index in [-0.39, 0.29) is 29.2 Å². The number of piperidine rings is 1. The molecule has 2 aliphatic rings. The Morgan fingerprint density at radius 1 is 1.38 bits per heavy atom. The third-order valence-corrected chi connectivity index (χ3v) is 3.50. The number of hydrogen-bond acceptors (Lipinski definition) is 3. The SMILES string of the molecule is O=C1CC[C@@H]([N+](=O)[O-])[C@@H]([C@H]2CC=CCC2)N1. The van der Waals surface area contributed by atoms with E-state index in [1.165, 1.54) is 0 Å². The second-order valence-electron chi connectivity index (χ2n) is 4.53. The summed E-state index contributed by atoms with van der Waals surface area (Å²) in [5, 5.41) is 13.8. The molecule has 0 radical (unpaired) electrons. The summed E-state index contributed by atoms with van der Waals surface area (Å²) in [6.45, 7) is 0. The Kier molecular flexibility index (Phi) is 3.22. The van der Waals surface area contributed by atoms with Gasteiger partial charge in [-0.2, -0.15) is 0 Å². The van der Waals surface area contributed by atoms with Crippen LogP contribution in [0.15, 0.2) is 12.2 Å². The maximum Gasteiger partial charge on any atom is 0.233 e. The lowest BCUT2D eigenvalue weighted by Gasteiger charge is -2.33. The predicted octanol–water partition coefficient (Wildman–Crippen LogP) is 1.27. The minimum Gasteiger partial charge on any atom is -0.346 e. The first-order valence-electron chi connectivity index (χ1n) is 5.76. The van der Waals surface area contributed by atoms with Crippen molar-refractivity contribution in [3.8, 4) is 0 Å². The lowest BCUT2D eigenvalue weighted by molar-refractivity contribution is -0.530. The van der Waals surface area contributed by atoms with Crippen molar-refractivity contribution in [3.63, 3.8) is 0 Å². The van der Waals surface area contributed by atoms with Gasteiger partial charge in [-0.1, -0.05) is 12.2 Å². The monoisotopic (exact) mass is 224 g/mol. The van der Waals surface area contributed by atoms with E-state index in [1.807, 2.05) is 0 Å². The molecule has 88 valence electrons. The first-order valence-corrected chi connectivity index (χ1v) is 5.76. The molecule has 0 aromatic carbocycles. The molecule has 0 saturated carbocycles. The fraction of sp³-hybridized carbons (Fsp3) is 0.727. The van der Waals surface area contributed by atoms with Gasteiger partial charge >= 0.3 is 0 Å². The van der Waals surface area contributed by atoms with E-state index in [1.54, 1.807) is 0 Å². The summed E-state index contributed by atoms with van der Waals surface area (Å²) in [5.74, 6) is 0.183. The summed E-state index contributed by atoms with van der Waals surface area (Å²) < 4.78 is 0. The molecule has 1 heterocycles. The van der Waals surface area contributed by atoms with Crippen molar-refractivity contribution in [1.82, 2.24) is 5.32 Å². The summed E-state index contributed by atoms with van der Waals surface area (Å²) in [6.07, 6.45) is 7.56. The van der Waals surface area contributed by atoms with Crippen molar-refractivity contribution in [2.24, 2.45) is 5.92 Å². The lowest BCUT2D eigenvalue weighted by atomic mass is 9.81. The fourth-order valence-corrected chi connectivity index (χ4v) is 2.62. The summed E-state index contributed by atoms with van der Waals surface area (Å²) in [6, 6.07) is -0.879. The fourth-order valence-electron chi connectivity index (χ4n) is 2.62. The number of nitro groups is 1. The third kappa shape index (κ3) is 2.23. The molecule has 1 aliphatic carbocycles. The van der Waals surface area contributed by atoms with Crippen LogP contribution in [0, 0.1) is 16.0 Å². The Morgan fingerprint density at radius 2 is 2.19 bits per heavy atom. The van der Waals surface area contributed by atoms with E-state index >= 15 is 0 Å². The van der Waals surface area contributed by atoms with Crippen LogP contribution in [0.25, 0.3) is 0 Å². The van der Waals surface area contributed by atoms with Gasteiger partial charge in [0.15, 0.2) is 0 Å². The lowest BCUT2D eigenvalue weighted by Crippen LogP contribution is -2.55. The topological polar surface area (TPSA) is 72.2 Å². The average Bonchev–Trinajstić information content (AvgIpc) is 2.29. The molecule has 0 aromatic rings. The Morgan fingerprint density at radius 3 is 2.81 bits per heavy atom. The van der Waals surface area contributed by atoms with Crippen LogP contribution in [-0.4, -0.2) is 22.9 Å². The summed E-state index contributed by atoms with van der Waals surface area (Å²) in [7, 11) is 0. The highest BCUT2D eigenvalue weighted by atomic mass is 16.6. The first kappa shape index (κ1) is 11.1. The second kappa shape index (κ2) is 4.63. The average molecular weight is 224 g/mol. The number of rotatable bonds is 2. The number of allylic oxidation sites excluding steroid dienone is 2. The predicted molar refractivity (Wildman–Crippen MR) is 58.4 cm³/mol. The number of carbonyl (C=O) groups excluding carboxylic acids is 1. The van der Waals surface area contributed by atoms with E-state index in [0.717, 1.165) is 19.3 Å². The molecule has 1 N–H and O–H groups in total. The smallest absolute Gasteiger partial charge is 0.233 e. The molecule has 0 aromatic heterocycles. The Hall–Kier alpha value is -1.39. The van der Waals surface area contributed by atoms with Crippen molar-refractivity contribution in [2.45, 2.75) is 44.2 Å². The van der Waals surface area contributed by atoms with Crippen LogP contribution in [0.5, 0.6) is 0 Å². The minimum absolute atomic E-state index is 0.0438. The van der Waals surface area contributed by atoms with Crippen molar-refractivity contribution in [1.29, 1.82) is 0 Å². The molecule has 1 aliphatic heterocycles. The van der Waals surface area contributed by atoms with E-state index < -0.39 is 6.04 Å². The first-order chi connectivity index (χ1) is 7.68. The van der Waals surface area contributed by atoms with Gasteiger partial charge in [0.1, 0.15) is 0 Å². The van der Waals surface area contributed by atoms with Gasteiger partial charge in [-0.25, -0.2) is 0 Å². The summed E-state index contributed by atoms with van der Waals surface area (Å²) >= 11 is 0. The molecule has 0 spiro atoms. The van der Waals surface area contributed by atoms with E-state index in [9.17, 15) is 14.9 Å². The number of hydrogen-bond donors (Lipinski definition) is 1. The number of carbonyl (C=O) groups is 1. The van der Waals surface area contributed by atoms with Gasteiger partial charge in [0.05, 0.1) is 6.04 Å². The Balaban J connectivity index is 2.10. The van der Waals surface area contributed by atoms with Gasteiger partial charge in [-0.15, -0.1) is 0 Å². The molecule has 16 heavy (non-hydrogen) atoms. The molecule has 1 amide bonds. The van der Waals surface area contributed by atoms with E-state index in [4.69, 9.17) is 0 Å². The maximum atomic E-state index is 11.3. The number of nitrogens with zero attached hydrogens (tertiary/aromatic N) is 1. The van der Waals surface area contributed by atoms with Crippen LogP contribution in [0.4, 0.5) is 0 Å². The van der Waals surface area contributed by atoms with Crippen LogP contribution in [0.1, 0.15) is 32.1 Å². The molecule has 5 heteroatoms. The van der Waals surface area contributed by atoms with Gasteiger partial charge in [0, 0.05) is 17.8 Å².